The van der Waals surface area contributed by atoms with E-state index in [0.717, 1.165) is 42.1 Å². The first kappa shape index (κ1) is 14.7. The molecule has 1 aromatic heterocycles. The van der Waals surface area contributed by atoms with Crippen LogP contribution in [0.3, 0.4) is 0 Å². The summed E-state index contributed by atoms with van der Waals surface area (Å²) in [6, 6.07) is 9.61. The molecule has 0 saturated heterocycles. The number of rotatable bonds is 3. The molecule has 1 aromatic carbocycles. The number of nitrogens with zero attached hydrogens (tertiary/aromatic N) is 1. The average molecular weight is 296 g/mol. The number of nitrogens with one attached hydrogen (secondary N) is 1. The zero-order valence-corrected chi connectivity index (χ0v) is 12.4. The maximum Gasteiger partial charge on any atom is 0.244 e. The third-order valence-corrected chi connectivity index (χ3v) is 4.15. The van der Waals surface area contributed by atoms with Crippen molar-refractivity contribution in [3.05, 3.63) is 48.2 Å². The Morgan fingerprint density at radius 2 is 2.05 bits per heavy atom. The monoisotopic (exact) mass is 296 g/mol. The van der Waals surface area contributed by atoms with Crippen LogP contribution in [0.2, 0.25) is 0 Å². The van der Waals surface area contributed by atoms with Gasteiger partial charge < -0.3 is 10.4 Å². The molecule has 1 aliphatic rings. The molecule has 4 heteroatoms. The largest absolute Gasteiger partial charge is 0.391 e. The smallest absolute Gasteiger partial charge is 0.244 e. The van der Waals surface area contributed by atoms with Gasteiger partial charge in [-0.25, -0.2) is 0 Å². The lowest BCUT2D eigenvalue weighted by atomic mass is 9.92. The summed E-state index contributed by atoms with van der Waals surface area (Å²) in [6.45, 7) is 0. The Labute approximate surface area is 129 Å². The van der Waals surface area contributed by atoms with Crippen molar-refractivity contribution in [1.82, 2.24) is 10.3 Å². The summed E-state index contributed by atoms with van der Waals surface area (Å²) in [5.74, 6) is -0.160. The Kier molecular flexibility index (Phi) is 4.49. The summed E-state index contributed by atoms with van der Waals surface area (Å²) in [5.41, 5.74) is 1.87. The van der Waals surface area contributed by atoms with Crippen LogP contribution in [0, 0.1) is 0 Å². The lowest BCUT2D eigenvalue weighted by Gasteiger charge is -2.27. The molecule has 0 aliphatic heterocycles. The Morgan fingerprint density at radius 1 is 1.23 bits per heavy atom. The predicted octanol–water partition coefficient (Wildman–Crippen LogP) is 2.67. The van der Waals surface area contributed by atoms with E-state index in [1.54, 1.807) is 12.3 Å². The Balaban J connectivity index is 1.71. The standard InChI is InChI=1S/C18H20N2O2/c21-17-8-4-3-7-16(17)20-18(22)10-9-13-11-12-19-15-6-2-1-5-14(13)15/h1-2,5-6,9-12,16-17,21H,3-4,7-8H2,(H,20,22)/b10-9+. The van der Waals surface area contributed by atoms with E-state index in [9.17, 15) is 9.90 Å². The van der Waals surface area contributed by atoms with Crippen LogP contribution in [0.25, 0.3) is 17.0 Å². The van der Waals surface area contributed by atoms with Gasteiger partial charge in [-0.3, -0.25) is 9.78 Å². The van der Waals surface area contributed by atoms with Gasteiger partial charge in [0.25, 0.3) is 0 Å². The molecule has 2 N–H and O–H groups in total. The van der Waals surface area contributed by atoms with E-state index in [-0.39, 0.29) is 11.9 Å². The van der Waals surface area contributed by atoms with E-state index in [1.165, 1.54) is 6.08 Å². The quantitative estimate of drug-likeness (QED) is 0.856. The third kappa shape index (κ3) is 3.34. The average Bonchev–Trinajstić information content (AvgIpc) is 2.55. The summed E-state index contributed by atoms with van der Waals surface area (Å²) in [5, 5.41) is 13.8. The molecule has 1 heterocycles. The molecule has 114 valence electrons. The number of aliphatic hydroxyl groups excluding tert-OH is 1. The minimum atomic E-state index is -0.423. The number of amides is 1. The first-order valence-electron chi connectivity index (χ1n) is 7.74. The van der Waals surface area contributed by atoms with E-state index in [2.05, 4.69) is 10.3 Å². The maximum atomic E-state index is 12.0. The lowest BCUT2D eigenvalue weighted by Crippen LogP contribution is -2.44. The zero-order valence-electron chi connectivity index (χ0n) is 12.4. The Morgan fingerprint density at radius 3 is 2.91 bits per heavy atom. The molecule has 0 radical (unpaired) electrons. The van der Waals surface area contributed by atoms with E-state index < -0.39 is 6.10 Å². The minimum absolute atomic E-state index is 0.125. The highest BCUT2D eigenvalue weighted by molar-refractivity contribution is 5.95. The van der Waals surface area contributed by atoms with Crippen molar-refractivity contribution >= 4 is 22.9 Å². The predicted molar refractivity (Wildman–Crippen MR) is 87.2 cm³/mol. The second kappa shape index (κ2) is 6.71. The summed E-state index contributed by atoms with van der Waals surface area (Å²) in [6.07, 6.45) is 8.35. The number of fused-ring (bicyclic) bond motifs is 1. The molecular weight excluding hydrogens is 276 g/mol. The fraction of sp³-hybridized carbons (Fsp3) is 0.333. The number of aliphatic hydroxyl groups is 1. The molecule has 4 nitrogen and oxygen atoms in total. The van der Waals surface area contributed by atoms with Gasteiger partial charge in [0.2, 0.25) is 5.91 Å². The van der Waals surface area contributed by atoms with Gasteiger partial charge in [-0.2, -0.15) is 0 Å². The molecule has 2 atom stereocenters. The molecular formula is C18H20N2O2. The van der Waals surface area contributed by atoms with E-state index >= 15 is 0 Å². The van der Waals surface area contributed by atoms with Crippen LogP contribution in [0.5, 0.6) is 0 Å². The van der Waals surface area contributed by atoms with Crippen molar-refractivity contribution in [1.29, 1.82) is 0 Å². The summed E-state index contributed by atoms with van der Waals surface area (Å²) < 4.78 is 0. The minimum Gasteiger partial charge on any atom is -0.391 e. The maximum absolute atomic E-state index is 12.0. The SMILES string of the molecule is O=C(/C=C/c1ccnc2ccccc12)NC1CCCCC1O. The first-order chi connectivity index (χ1) is 10.7. The topological polar surface area (TPSA) is 62.2 Å². The number of hydrogen-bond donors (Lipinski definition) is 2. The van der Waals surface area contributed by atoms with Crippen molar-refractivity contribution in [3.63, 3.8) is 0 Å². The van der Waals surface area contributed by atoms with Crippen molar-refractivity contribution in [3.8, 4) is 0 Å². The Hall–Kier alpha value is -2.20. The lowest BCUT2D eigenvalue weighted by molar-refractivity contribution is -0.118. The van der Waals surface area contributed by atoms with Gasteiger partial charge in [0.15, 0.2) is 0 Å². The van der Waals surface area contributed by atoms with Crippen LogP contribution >= 0.6 is 0 Å². The second-order valence-corrected chi connectivity index (χ2v) is 5.72. The summed E-state index contributed by atoms with van der Waals surface area (Å²) >= 11 is 0. The van der Waals surface area contributed by atoms with Crippen molar-refractivity contribution < 1.29 is 9.90 Å². The highest BCUT2D eigenvalue weighted by atomic mass is 16.3. The second-order valence-electron chi connectivity index (χ2n) is 5.72. The fourth-order valence-corrected chi connectivity index (χ4v) is 2.94. The van der Waals surface area contributed by atoms with Gasteiger partial charge in [-0.05, 0) is 36.6 Å². The van der Waals surface area contributed by atoms with Gasteiger partial charge in [-0.1, -0.05) is 31.0 Å². The number of benzene rings is 1. The highest BCUT2D eigenvalue weighted by Gasteiger charge is 2.23. The van der Waals surface area contributed by atoms with Crippen LogP contribution in [-0.4, -0.2) is 28.1 Å². The molecule has 1 amide bonds. The van der Waals surface area contributed by atoms with E-state index in [4.69, 9.17) is 0 Å². The highest BCUT2D eigenvalue weighted by Crippen LogP contribution is 2.19. The van der Waals surface area contributed by atoms with Gasteiger partial charge in [-0.15, -0.1) is 0 Å². The van der Waals surface area contributed by atoms with Crippen LogP contribution in [0.4, 0.5) is 0 Å². The van der Waals surface area contributed by atoms with Gasteiger partial charge in [0.05, 0.1) is 17.7 Å². The van der Waals surface area contributed by atoms with Crippen molar-refractivity contribution in [2.24, 2.45) is 0 Å². The van der Waals surface area contributed by atoms with Crippen molar-refractivity contribution in [2.45, 2.75) is 37.8 Å². The number of pyridine rings is 1. The van der Waals surface area contributed by atoms with E-state index in [0.29, 0.717) is 0 Å². The normalized spacial score (nSPS) is 22.0. The molecule has 1 aliphatic carbocycles. The molecule has 2 aromatic rings. The van der Waals surface area contributed by atoms with Crippen molar-refractivity contribution in [2.75, 3.05) is 0 Å². The molecule has 2 unspecified atom stereocenters. The molecule has 3 rings (SSSR count). The van der Waals surface area contributed by atoms with Crippen LogP contribution in [0.15, 0.2) is 42.6 Å². The molecule has 1 fully saturated rings. The number of hydrogen-bond acceptors (Lipinski definition) is 3. The van der Waals surface area contributed by atoms with Gasteiger partial charge in [0, 0.05) is 17.7 Å². The van der Waals surface area contributed by atoms with Crippen LogP contribution in [0.1, 0.15) is 31.2 Å². The summed E-state index contributed by atoms with van der Waals surface area (Å²) in [7, 11) is 0. The number of carbonyl (C=O) groups excluding carboxylic acids is 1. The number of carbonyl (C=O) groups is 1. The third-order valence-electron chi connectivity index (χ3n) is 4.15. The molecule has 1 saturated carbocycles. The Bertz CT molecular complexity index is 691. The van der Waals surface area contributed by atoms with Gasteiger partial charge >= 0.3 is 0 Å². The fourth-order valence-electron chi connectivity index (χ4n) is 2.94. The first-order valence-corrected chi connectivity index (χ1v) is 7.74. The molecule has 0 bridgehead atoms. The number of para-hydroxylation sites is 1. The van der Waals surface area contributed by atoms with Crippen LogP contribution < -0.4 is 5.32 Å². The van der Waals surface area contributed by atoms with Gasteiger partial charge in [0.1, 0.15) is 0 Å². The zero-order chi connectivity index (χ0) is 15.4. The van der Waals surface area contributed by atoms with Crippen LogP contribution in [-0.2, 0) is 4.79 Å². The molecule has 22 heavy (non-hydrogen) atoms. The summed E-state index contributed by atoms with van der Waals surface area (Å²) in [4.78, 5) is 16.3. The number of aromatic nitrogens is 1. The van der Waals surface area contributed by atoms with E-state index in [1.807, 2.05) is 30.3 Å². The molecule has 0 spiro atoms.